The minimum absolute atomic E-state index is 0.0758. The van der Waals surface area contributed by atoms with Gasteiger partial charge in [-0.15, -0.1) is 11.3 Å². The van der Waals surface area contributed by atoms with Crippen molar-refractivity contribution in [1.82, 2.24) is 4.98 Å². The number of aromatic nitrogens is 1. The Morgan fingerprint density at radius 1 is 1.29 bits per heavy atom. The van der Waals surface area contributed by atoms with Crippen molar-refractivity contribution in [3.05, 3.63) is 24.3 Å². The van der Waals surface area contributed by atoms with Gasteiger partial charge in [-0.2, -0.15) is 0 Å². The fourth-order valence-corrected chi connectivity index (χ4v) is 6.94. The van der Waals surface area contributed by atoms with E-state index >= 15 is 0 Å². The molecule has 0 N–H and O–H groups in total. The number of rotatable bonds is 2. The van der Waals surface area contributed by atoms with Crippen LogP contribution in [0.15, 0.2) is 28.6 Å². The lowest BCUT2D eigenvalue weighted by atomic mass is 9.71. The second-order valence-corrected chi connectivity index (χ2v) is 9.46. The van der Waals surface area contributed by atoms with Crippen LogP contribution < -0.4 is 0 Å². The number of ketones is 1. The van der Waals surface area contributed by atoms with Gasteiger partial charge in [0.15, 0.2) is 4.34 Å². The Morgan fingerprint density at radius 3 is 2.71 bits per heavy atom. The molecule has 110 valence electrons. The summed E-state index contributed by atoms with van der Waals surface area (Å²) in [4.78, 5) is 17.5. The molecule has 4 rings (SSSR count). The molecule has 3 atom stereocenters. The van der Waals surface area contributed by atoms with Gasteiger partial charge in [-0.25, -0.2) is 4.98 Å². The minimum atomic E-state index is 0.0758. The van der Waals surface area contributed by atoms with Crippen LogP contribution in [0.2, 0.25) is 0 Å². The number of nitrogens with zero attached hydrogens (tertiary/aromatic N) is 1. The average Bonchev–Trinajstić information content (AvgIpc) is 2.98. The zero-order valence-corrected chi connectivity index (χ0v) is 14.2. The lowest BCUT2D eigenvalue weighted by molar-refractivity contribution is -0.122. The molecule has 21 heavy (non-hydrogen) atoms. The van der Waals surface area contributed by atoms with Gasteiger partial charge >= 0.3 is 0 Å². The number of Topliss-reactive ketones (excluding diaryl/α,β-unsaturated/α-hetero) is 1. The largest absolute Gasteiger partial charge is 0.298 e. The maximum atomic E-state index is 12.8. The maximum Gasteiger partial charge on any atom is 0.151 e. The SMILES string of the molecule is CC1(C)[C@H]2CC[C@@]1(C)[C@H](Sc1nc3ccccc3s1)C2=O. The van der Waals surface area contributed by atoms with E-state index in [1.807, 2.05) is 18.2 Å². The molecule has 2 aliphatic rings. The van der Waals surface area contributed by atoms with Gasteiger partial charge in [0.2, 0.25) is 0 Å². The number of hydrogen-bond acceptors (Lipinski definition) is 4. The molecule has 2 nitrogen and oxygen atoms in total. The summed E-state index contributed by atoms with van der Waals surface area (Å²) in [7, 11) is 0. The third kappa shape index (κ3) is 1.72. The van der Waals surface area contributed by atoms with Crippen LogP contribution in [-0.4, -0.2) is 16.0 Å². The fourth-order valence-electron chi connectivity index (χ4n) is 4.18. The van der Waals surface area contributed by atoms with Crippen LogP contribution in [0.5, 0.6) is 0 Å². The number of hydrogen-bond donors (Lipinski definition) is 0. The van der Waals surface area contributed by atoms with E-state index in [0.717, 1.165) is 16.3 Å². The van der Waals surface area contributed by atoms with Gasteiger partial charge in [0.25, 0.3) is 0 Å². The van der Waals surface area contributed by atoms with Crippen molar-refractivity contribution in [3.63, 3.8) is 0 Å². The van der Waals surface area contributed by atoms with Crippen LogP contribution >= 0.6 is 23.1 Å². The van der Waals surface area contributed by atoms with E-state index in [9.17, 15) is 4.79 Å². The molecule has 0 amide bonds. The first-order chi connectivity index (χ1) is 9.93. The van der Waals surface area contributed by atoms with E-state index in [0.29, 0.717) is 5.78 Å². The van der Waals surface area contributed by atoms with Gasteiger partial charge in [-0.05, 0) is 35.8 Å². The van der Waals surface area contributed by atoms with Gasteiger partial charge < -0.3 is 0 Å². The summed E-state index contributed by atoms with van der Waals surface area (Å²) < 4.78 is 2.25. The second kappa shape index (κ2) is 4.32. The van der Waals surface area contributed by atoms with Crippen molar-refractivity contribution in [2.45, 2.75) is 43.2 Å². The number of benzene rings is 1. The van der Waals surface area contributed by atoms with Crippen LogP contribution in [0.4, 0.5) is 0 Å². The van der Waals surface area contributed by atoms with E-state index in [-0.39, 0.29) is 22.0 Å². The number of fused-ring (bicyclic) bond motifs is 3. The summed E-state index contributed by atoms with van der Waals surface area (Å²) in [6.07, 6.45) is 2.23. The normalized spacial score (nSPS) is 34.0. The van der Waals surface area contributed by atoms with Crippen molar-refractivity contribution in [1.29, 1.82) is 0 Å². The van der Waals surface area contributed by atoms with Crippen LogP contribution in [0.25, 0.3) is 10.2 Å². The zero-order chi connectivity index (χ0) is 14.8. The summed E-state index contributed by atoms with van der Waals surface area (Å²) in [5.41, 5.74) is 1.28. The molecule has 0 unspecified atom stereocenters. The molecule has 2 aromatic rings. The summed E-state index contributed by atoms with van der Waals surface area (Å²) in [6, 6.07) is 8.21. The fraction of sp³-hybridized carbons (Fsp3) is 0.529. The molecule has 1 aromatic heterocycles. The quantitative estimate of drug-likeness (QED) is 0.798. The van der Waals surface area contributed by atoms with Crippen LogP contribution in [-0.2, 0) is 4.79 Å². The molecule has 2 fully saturated rings. The van der Waals surface area contributed by atoms with Gasteiger partial charge in [-0.3, -0.25) is 4.79 Å². The highest BCUT2D eigenvalue weighted by molar-refractivity contribution is 8.02. The summed E-state index contributed by atoms with van der Waals surface area (Å²) in [5.74, 6) is 0.701. The van der Waals surface area contributed by atoms with Crippen LogP contribution in [0, 0.1) is 16.7 Å². The molecule has 2 saturated carbocycles. The second-order valence-electron chi connectivity index (χ2n) is 7.08. The molecule has 0 radical (unpaired) electrons. The number of thiazole rings is 1. The first-order valence-corrected chi connectivity index (χ1v) is 9.19. The lowest BCUT2D eigenvalue weighted by Gasteiger charge is -2.37. The Morgan fingerprint density at radius 2 is 2.05 bits per heavy atom. The van der Waals surface area contributed by atoms with E-state index < -0.39 is 0 Å². The van der Waals surface area contributed by atoms with Gasteiger partial charge in [-0.1, -0.05) is 44.7 Å². The Labute approximate surface area is 133 Å². The van der Waals surface area contributed by atoms with E-state index in [2.05, 4.69) is 26.8 Å². The van der Waals surface area contributed by atoms with Crippen molar-refractivity contribution >= 4 is 39.1 Å². The van der Waals surface area contributed by atoms with Crippen LogP contribution in [0.3, 0.4) is 0 Å². The Bertz CT molecular complexity index is 702. The minimum Gasteiger partial charge on any atom is -0.298 e. The van der Waals surface area contributed by atoms with Crippen molar-refractivity contribution in [2.24, 2.45) is 16.7 Å². The molecule has 0 aliphatic heterocycles. The summed E-state index contributed by atoms with van der Waals surface area (Å²) >= 11 is 3.42. The Kier molecular flexibility index (Phi) is 2.84. The first kappa shape index (κ1) is 13.8. The molecule has 0 saturated heterocycles. The molecule has 1 heterocycles. The zero-order valence-electron chi connectivity index (χ0n) is 12.6. The van der Waals surface area contributed by atoms with Crippen LogP contribution in [0.1, 0.15) is 33.6 Å². The van der Waals surface area contributed by atoms with Gasteiger partial charge in [0.1, 0.15) is 5.78 Å². The highest BCUT2D eigenvalue weighted by Gasteiger charge is 2.66. The van der Waals surface area contributed by atoms with E-state index in [4.69, 9.17) is 4.98 Å². The Balaban J connectivity index is 1.70. The Hall–Kier alpha value is -0.870. The smallest absolute Gasteiger partial charge is 0.151 e. The standard InChI is InChI=1S/C17H19NOS2/c1-16(2)10-8-9-17(16,3)14(13(10)19)21-15-18-11-6-4-5-7-12(11)20-15/h4-7,10,14H,8-9H2,1-3H3/t10-,14+,17-/m0/s1. The molecular formula is C17H19NOS2. The maximum absolute atomic E-state index is 12.8. The molecule has 0 spiro atoms. The molecule has 2 aliphatic carbocycles. The van der Waals surface area contributed by atoms with Crippen molar-refractivity contribution < 1.29 is 4.79 Å². The predicted molar refractivity (Wildman–Crippen MR) is 88.9 cm³/mol. The molecule has 2 bridgehead atoms. The third-order valence-electron chi connectivity index (χ3n) is 5.97. The predicted octanol–water partition coefficient (Wildman–Crippen LogP) is 4.78. The van der Waals surface area contributed by atoms with Crippen molar-refractivity contribution in [2.75, 3.05) is 0 Å². The first-order valence-electron chi connectivity index (χ1n) is 7.49. The summed E-state index contributed by atoms with van der Waals surface area (Å²) in [6.45, 7) is 6.87. The van der Waals surface area contributed by atoms with E-state index in [1.165, 1.54) is 11.1 Å². The van der Waals surface area contributed by atoms with Gasteiger partial charge in [0, 0.05) is 5.92 Å². The summed E-state index contributed by atoms with van der Waals surface area (Å²) in [5, 5.41) is 0.0758. The average molecular weight is 317 g/mol. The number of carbonyl (C=O) groups is 1. The topological polar surface area (TPSA) is 30.0 Å². The van der Waals surface area contributed by atoms with Gasteiger partial charge in [0.05, 0.1) is 15.5 Å². The monoisotopic (exact) mass is 317 g/mol. The third-order valence-corrected chi connectivity index (χ3v) is 8.62. The molecular weight excluding hydrogens is 298 g/mol. The number of carbonyl (C=O) groups excluding carboxylic acids is 1. The number of thioether (sulfide) groups is 1. The highest BCUT2D eigenvalue weighted by atomic mass is 32.2. The molecule has 1 aromatic carbocycles. The highest BCUT2D eigenvalue weighted by Crippen LogP contribution is 2.67. The number of para-hydroxylation sites is 1. The van der Waals surface area contributed by atoms with Crippen molar-refractivity contribution in [3.8, 4) is 0 Å². The van der Waals surface area contributed by atoms with E-state index in [1.54, 1.807) is 23.1 Å². The molecule has 4 heteroatoms. The lowest BCUT2D eigenvalue weighted by Crippen LogP contribution is -2.35.